The SMILES string of the molecule is Cc1cc(CN(C)C(=O)c2c(C3CC3)n[nH]c2C)no1. The molecular weight excluding hydrogens is 256 g/mol. The second-order valence-corrected chi connectivity index (χ2v) is 5.47. The zero-order chi connectivity index (χ0) is 14.3. The predicted octanol–water partition coefficient (Wildman–Crippen LogP) is 2.16. The molecule has 2 aromatic rings. The first-order valence-corrected chi connectivity index (χ1v) is 6.78. The average molecular weight is 274 g/mol. The Hall–Kier alpha value is -2.11. The van der Waals surface area contributed by atoms with Crippen molar-refractivity contribution >= 4 is 5.91 Å². The number of carbonyl (C=O) groups excluding carboxylic acids is 1. The monoisotopic (exact) mass is 274 g/mol. The van der Waals surface area contributed by atoms with Crippen molar-refractivity contribution in [2.45, 2.75) is 39.2 Å². The van der Waals surface area contributed by atoms with Crippen LogP contribution >= 0.6 is 0 Å². The number of amides is 1. The highest BCUT2D eigenvalue weighted by Crippen LogP contribution is 2.41. The molecule has 2 heterocycles. The van der Waals surface area contributed by atoms with E-state index in [4.69, 9.17) is 4.52 Å². The van der Waals surface area contributed by atoms with Crippen LogP contribution in [0.1, 0.15) is 52.0 Å². The third-order valence-corrected chi connectivity index (χ3v) is 3.58. The molecule has 6 heteroatoms. The van der Waals surface area contributed by atoms with Crippen LogP contribution in [-0.4, -0.2) is 33.2 Å². The quantitative estimate of drug-likeness (QED) is 0.927. The lowest BCUT2D eigenvalue weighted by molar-refractivity contribution is 0.0780. The molecule has 0 bridgehead atoms. The molecular formula is C14H18N4O2. The number of hydrogen-bond donors (Lipinski definition) is 1. The highest BCUT2D eigenvalue weighted by molar-refractivity contribution is 5.96. The molecule has 0 saturated heterocycles. The second-order valence-electron chi connectivity index (χ2n) is 5.47. The van der Waals surface area contributed by atoms with Gasteiger partial charge in [0.15, 0.2) is 0 Å². The Balaban J connectivity index is 1.79. The molecule has 106 valence electrons. The molecule has 1 amide bonds. The van der Waals surface area contributed by atoms with Gasteiger partial charge in [-0.15, -0.1) is 0 Å². The van der Waals surface area contributed by atoms with Crippen molar-refractivity contribution in [1.29, 1.82) is 0 Å². The van der Waals surface area contributed by atoms with Gasteiger partial charge in [0.1, 0.15) is 11.5 Å². The highest BCUT2D eigenvalue weighted by atomic mass is 16.5. The van der Waals surface area contributed by atoms with Crippen molar-refractivity contribution in [1.82, 2.24) is 20.3 Å². The van der Waals surface area contributed by atoms with E-state index in [2.05, 4.69) is 15.4 Å². The van der Waals surface area contributed by atoms with E-state index >= 15 is 0 Å². The van der Waals surface area contributed by atoms with E-state index in [9.17, 15) is 4.79 Å². The van der Waals surface area contributed by atoms with Gasteiger partial charge in [0, 0.05) is 24.7 Å². The third-order valence-electron chi connectivity index (χ3n) is 3.58. The minimum absolute atomic E-state index is 0.0150. The fourth-order valence-corrected chi connectivity index (χ4v) is 2.37. The summed E-state index contributed by atoms with van der Waals surface area (Å²) in [5.74, 6) is 1.18. The van der Waals surface area contributed by atoms with Gasteiger partial charge in [0.2, 0.25) is 0 Å². The zero-order valence-electron chi connectivity index (χ0n) is 11.9. The minimum Gasteiger partial charge on any atom is -0.361 e. The summed E-state index contributed by atoms with van der Waals surface area (Å²) in [6.07, 6.45) is 2.24. The Bertz CT molecular complexity index is 639. The second kappa shape index (κ2) is 4.77. The number of H-pyrrole nitrogens is 1. The first-order chi connectivity index (χ1) is 9.56. The van der Waals surface area contributed by atoms with Crippen molar-refractivity contribution in [3.8, 4) is 0 Å². The average Bonchev–Trinajstić information content (AvgIpc) is 3.07. The number of carbonyl (C=O) groups is 1. The number of nitrogens with zero attached hydrogens (tertiary/aromatic N) is 3. The number of rotatable bonds is 4. The summed E-state index contributed by atoms with van der Waals surface area (Å²) in [5.41, 5.74) is 3.22. The van der Waals surface area contributed by atoms with Gasteiger partial charge in [-0.3, -0.25) is 9.89 Å². The third kappa shape index (κ3) is 2.33. The van der Waals surface area contributed by atoms with E-state index in [-0.39, 0.29) is 5.91 Å². The molecule has 2 aromatic heterocycles. The maximum Gasteiger partial charge on any atom is 0.257 e. The van der Waals surface area contributed by atoms with E-state index in [1.165, 1.54) is 0 Å². The largest absolute Gasteiger partial charge is 0.361 e. The lowest BCUT2D eigenvalue weighted by atomic mass is 10.1. The van der Waals surface area contributed by atoms with Crippen molar-refractivity contribution in [2.24, 2.45) is 0 Å². The summed E-state index contributed by atoms with van der Waals surface area (Å²) in [6.45, 7) is 4.16. The van der Waals surface area contributed by atoms with E-state index in [1.807, 2.05) is 19.9 Å². The number of aryl methyl sites for hydroxylation is 2. The van der Waals surface area contributed by atoms with Crippen LogP contribution in [0.4, 0.5) is 0 Å². The van der Waals surface area contributed by atoms with Crippen LogP contribution < -0.4 is 0 Å². The molecule has 0 aromatic carbocycles. The molecule has 0 spiro atoms. The van der Waals surface area contributed by atoms with Crippen LogP contribution in [0.5, 0.6) is 0 Å². The topological polar surface area (TPSA) is 75.0 Å². The molecule has 1 saturated carbocycles. The van der Waals surface area contributed by atoms with Crippen molar-refractivity contribution in [2.75, 3.05) is 7.05 Å². The molecule has 0 unspecified atom stereocenters. The lowest BCUT2D eigenvalue weighted by Gasteiger charge is -2.16. The molecule has 3 rings (SSSR count). The van der Waals surface area contributed by atoms with Gasteiger partial charge in [-0.05, 0) is 26.7 Å². The molecule has 1 aliphatic rings. The van der Waals surface area contributed by atoms with Crippen LogP contribution in [-0.2, 0) is 6.54 Å². The van der Waals surface area contributed by atoms with Crippen molar-refractivity contribution < 1.29 is 9.32 Å². The molecule has 6 nitrogen and oxygen atoms in total. The Labute approximate surface area is 117 Å². The first kappa shape index (κ1) is 12.9. The highest BCUT2D eigenvalue weighted by Gasteiger charge is 2.33. The summed E-state index contributed by atoms with van der Waals surface area (Å²) in [7, 11) is 1.77. The van der Waals surface area contributed by atoms with Gasteiger partial charge in [-0.1, -0.05) is 5.16 Å². The fraction of sp³-hybridized carbons (Fsp3) is 0.500. The Morgan fingerprint density at radius 3 is 2.85 bits per heavy atom. The van der Waals surface area contributed by atoms with E-state index in [1.54, 1.807) is 11.9 Å². The van der Waals surface area contributed by atoms with Crippen molar-refractivity contribution in [3.05, 3.63) is 34.5 Å². The molecule has 0 radical (unpaired) electrons. The lowest BCUT2D eigenvalue weighted by Crippen LogP contribution is -2.27. The zero-order valence-corrected chi connectivity index (χ0v) is 11.9. The van der Waals surface area contributed by atoms with Crippen LogP contribution in [0.25, 0.3) is 0 Å². The van der Waals surface area contributed by atoms with E-state index < -0.39 is 0 Å². The number of hydrogen-bond acceptors (Lipinski definition) is 4. The number of aromatic nitrogens is 3. The fourth-order valence-electron chi connectivity index (χ4n) is 2.37. The summed E-state index contributed by atoms with van der Waals surface area (Å²) in [6, 6.07) is 1.84. The minimum atomic E-state index is -0.0150. The first-order valence-electron chi connectivity index (χ1n) is 6.78. The maximum atomic E-state index is 12.6. The van der Waals surface area contributed by atoms with Crippen LogP contribution in [0.2, 0.25) is 0 Å². The van der Waals surface area contributed by atoms with Gasteiger partial charge >= 0.3 is 0 Å². The molecule has 1 fully saturated rings. The molecule has 1 N–H and O–H groups in total. The maximum absolute atomic E-state index is 12.6. The predicted molar refractivity (Wildman–Crippen MR) is 72.3 cm³/mol. The molecule has 0 aliphatic heterocycles. The van der Waals surface area contributed by atoms with Gasteiger partial charge < -0.3 is 9.42 Å². The van der Waals surface area contributed by atoms with Crippen molar-refractivity contribution in [3.63, 3.8) is 0 Å². The van der Waals surface area contributed by atoms with Crippen LogP contribution in [0, 0.1) is 13.8 Å². The Morgan fingerprint density at radius 1 is 1.50 bits per heavy atom. The molecule has 20 heavy (non-hydrogen) atoms. The smallest absolute Gasteiger partial charge is 0.257 e. The molecule has 1 aliphatic carbocycles. The normalized spacial score (nSPS) is 14.6. The van der Waals surface area contributed by atoms with E-state index in [0.717, 1.165) is 41.2 Å². The van der Waals surface area contributed by atoms with Crippen LogP contribution in [0.15, 0.2) is 10.6 Å². The van der Waals surface area contributed by atoms with Gasteiger partial charge in [0.25, 0.3) is 5.91 Å². The van der Waals surface area contributed by atoms with Crippen LogP contribution in [0.3, 0.4) is 0 Å². The summed E-state index contributed by atoms with van der Waals surface area (Å²) < 4.78 is 5.03. The molecule has 0 atom stereocenters. The van der Waals surface area contributed by atoms with E-state index in [0.29, 0.717) is 12.5 Å². The summed E-state index contributed by atoms with van der Waals surface area (Å²) in [4.78, 5) is 14.3. The van der Waals surface area contributed by atoms with Gasteiger partial charge in [-0.2, -0.15) is 5.10 Å². The number of aromatic amines is 1. The Morgan fingerprint density at radius 2 is 2.25 bits per heavy atom. The van der Waals surface area contributed by atoms with Gasteiger partial charge in [-0.25, -0.2) is 0 Å². The number of nitrogens with one attached hydrogen (secondary N) is 1. The standard InChI is InChI=1S/C14H18N4O2/c1-8-6-11(17-20-8)7-18(3)14(19)12-9(2)15-16-13(12)10-4-5-10/h6,10H,4-5,7H2,1-3H3,(H,15,16). The van der Waals surface area contributed by atoms with Gasteiger partial charge in [0.05, 0.1) is 17.8 Å². The summed E-state index contributed by atoms with van der Waals surface area (Å²) in [5, 5.41) is 11.1. The summed E-state index contributed by atoms with van der Waals surface area (Å²) >= 11 is 0. The Kier molecular flexibility index (Phi) is 3.08.